The van der Waals surface area contributed by atoms with Crippen molar-refractivity contribution in [3.63, 3.8) is 0 Å². The van der Waals surface area contributed by atoms with E-state index < -0.39 is 0 Å². The maximum atomic E-state index is 14.2. The van der Waals surface area contributed by atoms with Crippen LogP contribution >= 0.6 is 11.3 Å². The van der Waals surface area contributed by atoms with Gasteiger partial charge in [0, 0.05) is 45.0 Å². The lowest BCUT2D eigenvalue weighted by atomic mass is 9.96. The molecule has 258 valence electrons. The predicted octanol–water partition coefficient (Wildman–Crippen LogP) is 4.18. The Balaban J connectivity index is 1.22. The summed E-state index contributed by atoms with van der Waals surface area (Å²) in [5.41, 5.74) is 4.54. The van der Waals surface area contributed by atoms with Gasteiger partial charge in [-0.3, -0.25) is 19.1 Å². The van der Waals surface area contributed by atoms with Crippen molar-refractivity contribution in [2.24, 2.45) is 0 Å². The molecule has 0 spiro atoms. The number of amides is 1. The second-order valence-corrected chi connectivity index (χ2v) is 13.5. The number of morpholine rings is 1. The monoisotopic (exact) mass is 697 g/mol. The molecule has 2 aliphatic rings. The molecule has 9 nitrogen and oxygen atoms in total. The second kappa shape index (κ2) is 15.6. The third-order valence-electron chi connectivity index (χ3n) is 9.46. The van der Waals surface area contributed by atoms with E-state index in [0.29, 0.717) is 60.0 Å². The first-order valence-electron chi connectivity index (χ1n) is 17.1. The number of benzene rings is 4. The fourth-order valence-electron chi connectivity index (χ4n) is 6.78. The van der Waals surface area contributed by atoms with Crippen LogP contribution in [0.3, 0.4) is 0 Å². The van der Waals surface area contributed by atoms with Gasteiger partial charge >= 0.3 is 0 Å². The second-order valence-electron chi connectivity index (χ2n) is 12.5. The lowest BCUT2D eigenvalue weighted by molar-refractivity contribution is -0.126. The molecule has 10 heteroatoms. The molecule has 1 amide bonds. The van der Waals surface area contributed by atoms with E-state index in [1.54, 1.807) is 36.3 Å². The van der Waals surface area contributed by atoms with E-state index in [0.717, 1.165) is 35.7 Å². The molecule has 5 aromatic rings. The summed E-state index contributed by atoms with van der Waals surface area (Å²) in [5.74, 6) is 0.261. The average molecular weight is 698 g/mol. The number of methoxy groups -OCH3 is 1. The van der Waals surface area contributed by atoms with Crippen molar-refractivity contribution >= 4 is 34.6 Å². The van der Waals surface area contributed by atoms with Crippen molar-refractivity contribution < 1.29 is 14.3 Å². The van der Waals surface area contributed by atoms with Gasteiger partial charge in [0.15, 0.2) is 5.57 Å². The molecule has 0 unspecified atom stereocenters. The Hall–Kier alpha value is -5.47. The highest BCUT2D eigenvalue weighted by molar-refractivity contribution is 7.07. The Morgan fingerprint density at radius 3 is 1.96 bits per heavy atom. The maximum absolute atomic E-state index is 14.2. The van der Waals surface area contributed by atoms with Crippen molar-refractivity contribution in [3.8, 4) is 17.5 Å². The molecular formula is C41H39N5O4S. The predicted molar refractivity (Wildman–Crippen MR) is 201 cm³/mol. The summed E-state index contributed by atoms with van der Waals surface area (Å²) in [6, 6.07) is 38.1. The smallest absolute Gasteiger partial charge is 0.273 e. The standard InChI is InChI=1S/C41H39N5O4S/c1-49-35-18-16-34(17-19-35)46-40(48)37(28-30-12-14-33(15-13-30)43-24-26-50-27-25-43)51-41(46)36(29-42)39(47)45-22-20-44(21-23-45)38(31-8-4-2-5-9-31)32-10-6-3-7-11-32/h2-19,28,38H,20-27H2,1H3. The van der Waals surface area contributed by atoms with Crippen LogP contribution in [0.15, 0.2) is 114 Å². The van der Waals surface area contributed by atoms with Gasteiger partial charge in [0.1, 0.15) is 16.5 Å². The summed E-state index contributed by atoms with van der Waals surface area (Å²) in [4.78, 5) is 34.7. The van der Waals surface area contributed by atoms with Crippen LogP contribution < -0.4 is 24.4 Å². The summed E-state index contributed by atoms with van der Waals surface area (Å²) in [5, 5.41) is 10.5. The van der Waals surface area contributed by atoms with Gasteiger partial charge in [0.2, 0.25) is 0 Å². The van der Waals surface area contributed by atoms with Gasteiger partial charge < -0.3 is 19.3 Å². The Morgan fingerprint density at radius 1 is 0.804 bits per heavy atom. The van der Waals surface area contributed by atoms with Gasteiger partial charge in [0.05, 0.1) is 36.6 Å². The third-order valence-corrected chi connectivity index (χ3v) is 10.6. The maximum Gasteiger partial charge on any atom is 0.273 e. The number of aromatic nitrogens is 1. The van der Waals surface area contributed by atoms with Gasteiger partial charge in [0.25, 0.3) is 11.5 Å². The molecule has 0 saturated carbocycles. The summed E-state index contributed by atoms with van der Waals surface area (Å²) in [6.45, 7) is 5.23. The lowest BCUT2D eigenvalue weighted by Crippen LogP contribution is -2.50. The van der Waals surface area contributed by atoms with Crippen molar-refractivity contribution in [3.05, 3.63) is 145 Å². The van der Waals surface area contributed by atoms with Gasteiger partial charge in [-0.15, -0.1) is 11.3 Å². The molecule has 2 aliphatic heterocycles. The van der Waals surface area contributed by atoms with Crippen molar-refractivity contribution in [2.45, 2.75) is 6.04 Å². The fraction of sp³-hybridized carbons (Fsp3) is 0.244. The summed E-state index contributed by atoms with van der Waals surface area (Å²) >= 11 is 1.16. The number of hydrogen-bond acceptors (Lipinski definition) is 8. The number of carbonyl (C=O) groups excluding carboxylic acids is 1. The third kappa shape index (κ3) is 7.37. The van der Waals surface area contributed by atoms with E-state index in [4.69, 9.17) is 9.47 Å². The number of hydrogen-bond donors (Lipinski definition) is 0. The topological polar surface area (TPSA) is 91.0 Å². The quantitative estimate of drug-likeness (QED) is 0.241. The van der Waals surface area contributed by atoms with Crippen LogP contribution in [0.1, 0.15) is 22.7 Å². The summed E-state index contributed by atoms with van der Waals surface area (Å²) in [7, 11) is 1.58. The number of rotatable bonds is 8. The van der Waals surface area contributed by atoms with Gasteiger partial charge in [-0.05, 0) is 59.2 Å². The van der Waals surface area contributed by atoms with Crippen LogP contribution in [0.25, 0.3) is 17.3 Å². The molecule has 0 radical (unpaired) electrons. The first-order valence-corrected chi connectivity index (χ1v) is 17.9. The highest BCUT2D eigenvalue weighted by atomic mass is 32.1. The minimum Gasteiger partial charge on any atom is -0.497 e. The van der Waals surface area contributed by atoms with Crippen LogP contribution in [0.4, 0.5) is 5.69 Å². The Labute approximate surface area is 301 Å². The molecule has 0 bridgehead atoms. The van der Waals surface area contributed by atoms with Crippen molar-refractivity contribution in [2.75, 3.05) is 64.5 Å². The van der Waals surface area contributed by atoms with E-state index >= 15 is 0 Å². The number of carbonyl (C=O) groups is 1. The molecule has 4 aromatic carbocycles. The number of nitrogens with zero attached hydrogens (tertiary/aromatic N) is 5. The zero-order chi connectivity index (χ0) is 35.2. The molecular weight excluding hydrogens is 659 g/mol. The first-order chi connectivity index (χ1) is 25.0. The number of thiazole rings is 1. The SMILES string of the molecule is COc1ccc(-n2c(=C(C#N)C(=O)N3CCN(C(c4ccccc4)c4ccccc4)CC3)sc(=Cc3ccc(N4CCOCC4)cc3)c2=O)cc1. The summed E-state index contributed by atoms with van der Waals surface area (Å²) < 4.78 is 13.0. The molecule has 7 rings (SSSR count). The first kappa shape index (κ1) is 34.0. The fourth-order valence-corrected chi connectivity index (χ4v) is 7.88. The lowest BCUT2D eigenvalue weighted by Gasteiger charge is -2.39. The number of anilines is 1. The molecule has 0 aliphatic carbocycles. The zero-order valence-corrected chi connectivity index (χ0v) is 29.3. The van der Waals surface area contributed by atoms with E-state index in [9.17, 15) is 14.9 Å². The molecule has 3 heterocycles. The largest absolute Gasteiger partial charge is 0.497 e. The van der Waals surface area contributed by atoms with E-state index in [1.807, 2.05) is 42.5 Å². The van der Waals surface area contributed by atoms with E-state index in [2.05, 4.69) is 64.4 Å². The Kier molecular flexibility index (Phi) is 10.4. The van der Waals surface area contributed by atoms with E-state index in [1.165, 1.54) is 15.7 Å². The number of ether oxygens (including phenoxy) is 2. The van der Waals surface area contributed by atoms with Crippen molar-refractivity contribution in [1.29, 1.82) is 5.26 Å². The molecule has 0 atom stereocenters. The van der Waals surface area contributed by atoms with Gasteiger partial charge in [-0.1, -0.05) is 72.8 Å². The minimum atomic E-state index is -0.377. The van der Waals surface area contributed by atoms with Crippen LogP contribution in [0, 0.1) is 11.3 Å². The van der Waals surface area contributed by atoms with Crippen LogP contribution in [-0.4, -0.2) is 79.9 Å². The van der Waals surface area contributed by atoms with Crippen LogP contribution in [-0.2, 0) is 9.53 Å². The molecule has 0 N–H and O–H groups in total. The number of nitriles is 1. The molecule has 51 heavy (non-hydrogen) atoms. The molecule has 1 aromatic heterocycles. The number of piperazine rings is 1. The highest BCUT2D eigenvalue weighted by Crippen LogP contribution is 2.29. The normalized spacial score (nSPS) is 16.2. The molecule has 2 fully saturated rings. The van der Waals surface area contributed by atoms with Crippen LogP contribution in [0.2, 0.25) is 0 Å². The zero-order valence-electron chi connectivity index (χ0n) is 28.5. The van der Waals surface area contributed by atoms with Crippen molar-refractivity contribution in [1.82, 2.24) is 14.4 Å². The highest BCUT2D eigenvalue weighted by Gasteiger charge is 2.30. The summed E-state index contributed by atoms with van der Waals surface area (Å²) in [6.07, 6.45) is 1.82. The minimum absolute atomic E-state index is 0.0441. The Bertz CT molecular complexity index is 2140. The molecule has 2 saturated heterocycles. The van der Waals surface area contributed by atoms with Gasteiger partial charge in [-0.25, -0.2) is 0 Å². The van der Waals surface area contributed by atoms with Crippen LogP contribution in [0.5, 0.6) is 5.75 Å². The average Bonchev–Trinajstić information content (AvgIpc) is 3.51. The Morgan fingerprint density at radius 2 is 1.39 bits per heavy atom. The van der Waals surface area contributed by atoms with E-state index in [-0.39, 0.29) is 23.1 Å². The van der Waals surface area contributed by atoms with Gasteiger partial charge in [-0.2, -0.15) is 5.26 Å².